The summed E-state index contributed by atoms with van der Waals surface area (Å²) < 4.78 is 0. The van der Waals surface area contributed by atoms with Crippen molar-refractivity contribution in [2.75, 3.05) is 25.0 Å². The minimum atomic E-state index is 0.0239. The van der Waals surface area contributed by atoms with Crippen molar-refractivity contribution in [2.45, 2.75) is 13.8 Å². The van der Waals surface area contributed by atoms with Gasteiger partial charge >= 0.3 is 0 Å². The fourth-order valence-electron chi connectivity index (χ4n) is 2.22. The average Bonchev–Trinajstić information content (AvgIpc) is 2.56. The quantitative estimate of drug-likeness (QED) is 0.844. The van der Waals surface area contributed by atoms with Gasteiger partial charge in [0.15, 0.2) is 0 Å². The van der Waals surface area contributed by atoms with Gasteiger partial charge in [0.25, 0.3) is 5.91 Å². The molecule has 2 rings (SSSR count). The Morgan fingerprint density at radius 3 is 2.33 bits per heavy atom. The van der Waals surface area contributed by atoms with Crippen LogP contribution in [0.2, 0.25) is 0 Å². The fourth-order valence-corrected chi connectivity index (χ4v) is 2.22. The van der Waals surface area contributed by atoms with Crippen LogP contribution in [0.5, 0.6) is 0 Å². The topological polar surface area (TPSA) is 36.4 Å². The highest BCUT2D eigenvalue weighted by Crippen LogP contribution is 2.23. The lowest BCUT2D eigenvalue weighted by Crippen LogP contribution is -2.30. The molecule has 4 heteroatoms. The molecule has 0 aliphatic rings. The number of pyridine rings is 1. The van der Waals surface area contributed by atoms with E-state index in [-0.39, 0.29) is 5.91 Å². The van der Waals surface area contributed by atoms with Gasteiger partial charge in [-0.25, -0.2) is 0 Å². The number of para-hydroxylation sites is 1. The number of benzene rings is 1. The normalized spacial score (nSPS) is 10.2. The van der Waals surface area contributed by atoms with Crippen molar-refractivity contribution in [1.82, 2.24) is 9.88 Å². The van der Waals surface area contributed by atoms with Gasteiger partial charge in [0, 0.05) is 32.0 Å². The molecule has 0 fully saturated rings. The number of carbonyl (C=O) groups excluding carboxylic acids is 1. The van der Waals surface area contributed by atoms with Gasteiger partial charge in [-0.15, -0.1) is 0 Å². The van der Waals surface area contributed by atoms with E-state index in [1.165, 1.54) is 0 Å². The minimum absolute atomic E-state index is 0.0239. The number of carbonyl (C=O) groups is 1. The van der Waals surface area contributed by atoms with Crippen molar-refractivity contribution in [3.8, 4) is 0 Å². The Morgan fingerprint density at radius 1 is 1.05 bits per heavy atom. The summed E-state index contributed by atoms with van der Waals surface area (Å²) in [5.74, 6) is 0.0239. The molecule has 0 bridgehead atoms. The standard InChI is InChI=1S/C17H21N3O/c1-4-20(5-2)17(21)14-11-16(13-18-12-14)19(3)15-9-7-6-8-10-15/h6-13H,4-5H2,1-3H3. The Labute approximate surface area is 126 Å². The molecule has 0 atom stereocenters. The molecule has 0 spiro atoms. The van der Waals surface area contributed by atoms with Crippen LogP contribution in [0.15, 0.2) is 48.8 Å². The Balaban J connectivity index is 2.27. The predicted octanol–water partition coefficient (Wildman–Crippen LogP) is 3.33. The van der Waals surface area contributed by atoms with E-state index < -0.39 is 0 Å². The van der Waals surface area contributed by atoms with Gasteiger partial charge in [-0.05, 0) is 32.0 Å². The maximum atomic E-state index is 12.4. The van der Waals surface area contributed by atoms with E-state index in [4.69, 9.17) is 0 Å². The third-order valence-electron chi connectivity index (χ3n) is 3.55. The zero-order valence-corrected chi connectivity index (χ0v) is 12.8. The van der Waals surface area contributed by atoms with Crippen LogP contribution >= 0.6 is 0 Å². The Hall–Kier alpha value is -2.36. The second-order valence-electron chi connectivity index (χ2n) is 4.80. The molecule has 0 N–H and O–H groups in total. The SMILES string of the molecule is CCN(CC)C(=O)c1cncc(N(C)c2ccccc2)c1. The van der Waals surface area contributed by atoms with Crippen molar-refractivity contribution < 1.29 is 4.79 Å². The average molecular weight is 283 g/mol. The smallest absolute Gasteiger partial charge is 0.255 e. The summed E-state index contributed by atoms with van der Waals surface area (Å²) >= 11 is 0. The number of anilines is 2. The zero-order valence-electron chi connectivity index (χ0n) is 12.8. The summed E-state index contributed by atoms with van der Waals surface area (Å²) in [7, 11) is 1.97. The van der Waals surface area contributed by atoms with Gasteiger partial charge in [0.1, 0.15) is 0 Å². The second-order valence-corrected chi connectivity index (χ2v) is 4.80. The number of hydrogen-bond donors (Lipinski definition) is 0. The molecule has 4 nitrogen and oxygen atoms in total. The lowest BCUT2D eigenvalue weighted by molar-refractivity contribution is 0.0772. The molecular formula is C17H21N3O. The Morgan fingerprint density at radius 2 is 1.71 bits per heavy atom. The van der Waals surface area contributed by atoms with E-state index in [2.05, 4.69) is 4.98 Å². The maximum absolute atomic E-state index is 12.4. The van der Waals surface area contributed by atoms with Crippen molar-refractivity contribution in [3.05, 3.63) is 54.4 Å². The first-order valence-electron chi connectivity index (χ1n) is 7.20. The number of nitrogens with zero attached hydrogens (tertiary/aromatic N) is 3. The molecule has 0 radical (unpaired) electrons. The van der Waals surface area contributed by atoms with E-state index >= 15 is 0 Å². The largest absolute Gasteiger partial charge is 0.343 e. The van der Waals surface area contributed by atoms with E-state index in [1.54, 1.807) is 17.3 Å². The van der Waals surface area contributed by atoms with Crippen molar-refractivity contribution in [2.24, 2.45) is 0 Å². The van der Waals surface area contributed by atoms with Crippen LogP contribution < -0.4 is 4.90 Å². The highest BCUT2D eigenvalue weighted by atomic mass is 16.2. The molecular weight excluding hydrogens is 262 g/mol. The first kappa shape index (κ1) is 15.0. The second kappa shape index (κ2) is 6.88. The highest BCUT2D eigenvalue weighted by molar-refractivity contribution is 5.95. The molecule has 0 unspecified atom stereocenters. The number of aromatic nitrogens is 1. The molecule has 1 heterocycles. The lowest BCUT2D eigenvalue weighted by atomic mass is 10.2. The summed E-state index contributed by atoms with van der Waals surface area (Å²) in [6.45, 7) is 5.37. The molecule has 1 amide bonds. The van der Waals surface area contributed by atoms with Crippen LogP contribution in [0.4, 0.5) is 11.4 Å². The van der Waals surface area contributed by atoms with Gasteiger partial charge in [-0.3, -0.25) is 9.78 Å². The minimum Gasteiger partial charge on any atom is -0.343 e. The Kier molecular flexibility index (Phi) is 4.93. The molecule has 0 saturated heterocycles. The van der Waals surface area contributed by atoms with Gasteiger partial charge in [0.2, 0.25) is 0 Å². The first-order chi connectivity index (χ1) is 10.2. The van der Waals surface area contributed by atoms with Gasteiger partial charge in [0.05, 0.1) is 17.4 Å². The van der Waals surface area contributed by atoms with Crippen LogP contribution in [0.25, 0.3) is 0 Å². The van der Waals surface area contributed by atoms with Crippen LogP contribution in [-0.2, 0) is 0 Å². The van der Waals surface area contributed by atoms with Crippen molar-refractivity contribution in [3.63, 3.8) is 0 Å². The molecule has 2 aromatic rings. The predicted molar refractivity (Wildman–Crippen MR) is 86.0 cm³/mol. The Bertz CT molecular complexity index is 594. The highest BCUT2D eigenvalue weighted by Gasteiger charge is 2.14. The summed E-state index contributed by atoms with van der Waals surface area (Å²) in [6.07, 6.45) is 3.40. The fraction of sp³-hybridized carbons (Fsp3) is 0.294. The van der Waals surface area contributed by atoms with Crippen LogP contribution in [0, 0.1) is 0 Å². The van der Waals surface area contributed by atoms with Gasteiger partial charge < -0.3 is 9.80 Å². The van der Waals surface area contributed by atoms with E-state index in [0.717, 1.165) is 11.4 Å². The zero-order chi connectivity index (χ0) is 15.2. The summed E-state index contributed by atoms with van der Waals surface area (Å²) in [6, 6.07) is 11.9. The number of hydrogen-bond acceptors (Lipinski definition) is 3. The number of amides is 1. The molecule has 1 aromatic carbocycles. The van der Waals surface area contributed by atoms with Gasteiger partial charge in [-0.2, -0.15) is 0 Å². The molecule has 0 saturated carbocycles. The van der Waals surface area contributed by atoms with E-state index in [0.29, 0.717) is 18.7 Å². The van der Waals surface area contributed by atoms with Crippen molar-refractivity contribution in [1.29, 1.82) is 0 Å². The molecule has 1 aromatic heterocycles. The summed E-state index contributed by atoms with van der Waals surface area (Å²) in [5.41, 5.74) is 2.59. The molecule has 21 heavy (non-hydrogen) atoms. The van der Waals surface area contributed by atoms with E-state index in [9.17, 15) is 4.79 Å². The van der Waals surface area contributed by atoms with Crippen LogP contribution in [0.1, 0.15) is 24.2 Å². The number of rotatable bonds is 5. The molecule has 0 aliphatic heterocycles. The van der Waals surface area contributed by atoms with E-state index in [1.807, 2.05) is 62.2 Å². The lowest BCUT2D eigenvalue weighted by Gasteiger charge is -2.21. The van der Waals surface area contributed by atoms with Gasteiger partial charge in [-0.1, -0.05) is 18.2 Å². The maximum Gasteiger partial charge on any atom is 0.255 e. The summed E-state index contributed by atoms with van der Waals surface area (Å²) in [5, 5.41) is 0. The van der Waals surface area contributed by atoms with Crippen molar-refractivity contribution >= 4 is 17.3 Å². The van der Waals surface area contributed by atoms with Crippen LogP contribution in [0.3, 0.4) is 0 Å². The molecule has 0 aliphatic carbocycles. The third kappa shape index (κ3) is 3.40. The third-order valence-corrected chi connectivity index (χ3v) is 3.55. The summed E-state index contributed by atoms with van der Waals surface area (Å²) in [4.78, 5) is 20.4. The first-order valence-corrected chi connectivity index (χ1v) is 7.20. The monoisotopic (exact) mass is 283 g/mol. The molecule has 110 valence electrons. The van der Waals surface area contributed by atoms with Crippen LogP contribution in [-0.4, -0.2) is 35.9 Å².